The number of methoxy groups -OCH3 is 4. The molecule has 6 heterocycles. The van der Waals surface area contributed by atoms with Crippen LogP contribution in [-0.4, -0.2) is 201 Å². The van der Waals surface area contributed by atoms with Crippen molar-refractivity contribution in [2.24, 2.45) is 33.5 Å². The largest absolute Gasteiger partial charge is 1.00 e. The summed E-state index contributed by atoms with van der Waals surface area (Å²) < 4.78 is 34.4. The van der Waals surface area contributed by atoms with Gasteiger partial charge in [-0.25, -0.2) is 39.1 Å². The first-order valence-corrected chi connectivity index (χ1v) is 38.8. The number of fused-ring (bicyclic) bond motifs is 2. The van der Waals surface area contributed by atoms with Crippen molar-refractivity contribution in [3.8, 4) is 45.8 Å². The number of aromatic nitrogens is 4. The maximum atomic E-state index is 14.7. The topological polar surface area (TPSA) is 442 Å². The van der Waals surface area contributed by atoms with E-state index in [2.05, 4.69) is 65.7 Å². The Morgan fingerprint density at radius 2 is 0.870 bits per heavy atom. The molecule has 0 radical (unpaired) electrons. The average molecular weight is 1630 g/mol. The zero-order chi connectivity index (χ0) is 82.7. The molecule has 0 spiro atoms. The third kappa shape index (κ3) is 22.0. The molecule has 32 nitrogen and oxygen atoms in total. The van der Waals surface area contributed by atoms with Gasteiger partial charge in [-0.3, -0.25) is 28.8 Å². The average Bonchev–Trinajstić information content (AvgIpc) is 1.58. The zero-order valence-corrected chi connectivity index (χ0v) is 71.0. The van der Waals surface area contributed by atoms with Gasteiger partial charge in [0.05, 0.1) is 63.9 Å². The Bertz CT molecular complexity index is 4340. The van der Waals surface area contributed by atoms with Gasteiger partial charge in [-0.15, -0.1) is 35.8 Å². The number of benzene rings is 2. The number of esters is 2. The molecular formula is C80H109LiN14O18S2. The van der Waals surface area contributed by atoms with Crippen LogP contribution in [0.1, 0.15) is 136 Å². The van der Waals surface area contributed by atoms with Crippen LogP contribution in [0.5, 0.6) is 23.0 Å². The molecular weight excluding hydrogens is 1520 g/mol. The van der Waals surface area contributed by atoms with Gasteiger partial charge < -0.3 is 91.7 Å². The number of urea groups is 2. The minimum absolute atomic E-state index is 0. The second kappa shape index (κ2) is 37.3. The molecule has 0 bridgehead atoms. The fraction of sp³-hybridized carbons (Fsp3) is 0.525. The van der Waals surface area contributed by atoms with Crippen LogP contribution >= 0.6 is 22.7 Å². The van der Waals surface area contributed by atoms with Crippen molar-refractivity contribution in [3.05, 3.63) is 84.6 Å². The minimum atomic E-state index is -1.30. The molecule has 620 valence electrons. The number of amides is 10. The number of carbonyl (C=O) groups is 10. The van der Waals surface area contributed by atoms with E-state index in [1.165, 1.54) is 60.5 Å². The first-order valence-electron chi connectivity index (χ1n) is 37.0. The second-order valence-electron chi connectivity index (χ2n) is 33.2. The Labute approximate surface area is 690 Å². The zero-order valence-electron chi connectivity index (χ0n) is 69.3. The molecule has 10 amide bonds. The van der Waals surface area contributed by atoms with Gasteiger partial charge in [0.25, 0.3) is 0 Å². The van der Waals surface area contributed by atoms with Crippen molar-refractivity contribution >= 4 is 114 Å². The number of pyridine rings is 2. The Kier molecular flexibility index (Phi) is 30.5. The van der Waals surface area contributed by atoms with Gasteiger partial charge in [-0.05, 0) is 72.6 Å². The first-order chi connectivity index (χ1) is 52.4. The van der Waals surface area contributed by atoms with E-state index in [1.807, 2.05) is 109 Å². The molecule has 10 rings (SSSR count). The van der Waals surface area contributed by atoms with Crippen molar-refractivity contribution in [1.29, 1.82) is 0 Å². The molecule has 12 atom stereocenters. The molecule has 2 aliphatic heterocycles. The van der Waals surface area contributed by atoms with E-state index in [-0.39, 0.29) is 102 Å². The van der Waals surface area contributed by atoms with Crippen LogP contribution in [-0.2, 0) is 47.8 Å². The van der Waals surface area contributed by atoms with Gasteiger partial charge in [0.15, 0.2) is 10.3 Å². The summed E-state index contributed by atoms with van der Waals surface area (Å²) in [5.41, 5.74) is -1.60. The van der Waals surface area contributed by atoms with Crippen molar-refractivity contribution < 1.29 is 106 Å². The number of ether oxygens (including phenoxy) is 6. The first kappa shape index (κ1) is 93.9. The Balaban J connectivity index is 0.000000349. The number of anilines is 2. The van der Waals surface area contributed by atoms with E-state index in [9.17, 15) is 47.9 Å². The Morgan fingerprint density at radius 1 is 0.522 bits per heavy atom. The van der Waals surface area contributed by atoms with Gasteiger partial charge in [-0.2, -0.15) is 0 Å². The fourth-order valence-electron chi connectivity index (χ4n) is 13.1. The van der Waals surface area contributed by atoms with E-state index < -0.39 is 106 Å². The van der Waals surface area contributed by atoms with Crippen molar-refractivity contribution in [1.82, 2.24) is 61.6 Å². The molecule has 35 heteroatoms. The van der Waals surface area contributed by atoms with Crippen molar-refractivity contribution in [3.63, 3.8) is 0 Å². The number of thiazole rings is 2. The third-order valence-electron chi connectivity index (χ3n) is 20.8. The smallest absolute Gasteiger partial charge is 0.870 e. The van der Waals surface area contributed by atoms with Gasteiger partial charge in [-0.1, -0.05) is 95.2 Å². The SMILES string of the molecule is C=C[C@H]1C[C@]1(NC(=O)C1CC(Oc2cc(-c3csc(NC(C)=O)n3)nc3cc(OC)ccc23)CN1C(=O)[C@@H](NC(=O)N[C@H](C)C(C)(C)C)C(C)(C)C)C(=O)OC.C=C[C@H]1C[C@]1(NC(=O)C1CC(Oc2cc(-c3csc(NC(C)=O)n3)nc3cc(OC)ccc23)CN1C(=O)[C@@H](NC(=O)N[C@H](C)C(C)(C)C)C(C)(C)C)C(=O)OC.O.[Li+].[OH-]. The Morgan fingerprint density at radius 3 is 1.16 bits per heavy atom. The number of carbonyl (C=O) groups excluding carboxylic acids is 10. The standard InChI is InChI=1S/2C40H53N7O8S.Li.2H2O/c2*1-12-23-18-40(23,35(51)54-11)46-33(49)30-16-25(19-47(30)34(50)32(39(7,8)9)45-36(52)41-21(2)38(4,5)6)55-31-17-28(29-20-56-37(44-29)42-22(3)48)43-27-15-24(53-10)13-14-26(27)31;;;/h2*12-15,17,20-21,23,25,30,32H,1,16,18-19H2,2-11H3,(H,46,49)(H2,41,45,52)(H,42,44,48);;2*1H2/q;;+1;;/p-1/t2*21-,23+,25?,30?,32-,40-;;;/m11.../s1. The molecule has 4 fully saturated rings. The van der Waals surface area contributed by atoms with E-state index >= 15 is 0 Å². The molecule has 4 aliphatic rings. The summed E-state index contributed by atoms with van der Waals surface area (Å²) in [7, 11) is 5.61. The van der Waals surface area contributed by atoms with Gasteiger partial charge in [0.1, 0.15) is 81.8 Å². The van der Waals surface area contributed by atoms with Crippen LogP contribution in [0, 0.1) is 33.5 Å². The van der Waals surface area contributed by atoms with Gasteiger partial charge in [0.2, 0.25) is 35.4 Å². The summed E-state index contributed by atoms with van der Waals surface area (Å²) in [5.74, 6) is -2.52. The molecule has 4 unspecified atom stereocenters. The van der Waals surface area contributed by atoms with E-state index in [4.69, 9.17) is 38.4 Å². The molecule has 2 aromatic carbocycles. The number of nitrogens with one attached hydrogen (secondary N) is 8. The molecule has 11 N–H and O–H groups in total. The predicted octanol–water partition coefficient (Wildman–Crippen LogP) is 6.11. The van der Waals surface area contributed by atoms with Crippen LogP contribution in [0.3, 0.4) is 0 Å². The van der Waals surface area contributed by atoms with Crippen molar-refractivity contribution in [2.45, 2.75) is 196 Å². The normalized spacial score (nSPS) is 21.1. The maximum Gasteiger partial charge on any atom is 1.00 e. The number of hydrogen-bond donors (Lipinski definition) is 8. The summed E-state index contributed by atoms with van der Waals surface area (Å²) in [6.07, 6.45) is 2.53. The van der Waals surface area contributed by atoms with Crippen LogP contribution in [0.15, 0.2) is 84.6 Å². The van der Waals surface area contributed by atoms with E-state index in [0.29, 0.717) is 90.7 Å². The minimum Gasteiger partial charge on any atom is -0.870 e. The molecule has 2 saturated carbocycles. The van der Waals surface area contributed by atoms with Crippen molar-refractivity contribution in [2.75, 3.05) is 52.2 Å². The van der Waals surface area contributed by atoms with E-state index in [0.717, 1.165) is 0 Å². The number of likely N-dealkylation sites (tertiary alicyclic amines) is 2. The second-order valence-corrected chi connectivity index (χ2v) is 34.9. The van der Waals surface area contributed by atoms with Crippen LogP contribution < -0.4 is 80.3 Å². The van der Waals surface area contributed by atoms with E-state index in [1.54, 1.807) is 73.5 Å². The quantitative estimate of drug-likeness (QED) is 0.0192. The van der Waals surface area contributed by atoms with Gasteiger partial charge in [0, 0.05) is 96.4 Å². The van der Waals surface area contributed by atoms with Crippen LogP contribution in [0.2, 0.25) is 0 Å². The third-order valence-corrected chi connectivity index (χ3v) is 22.3. The molecule has 2 aliphatic carbocycles. The van der Waals surface area contributed by atoms with Gasteiger partial charge >= 0.3 is 42.9 Å². The van der Waals surface area contributed by atoms with Crippen LogP contribution in [0.4, 0.5) is 19.9 Å². The summed E-state index contributed by atoms with van der Waals surface area (Å²) in [5, 5.41) is 28.4. The predicted molar refractivity (Wildman–Crippen MR) is 432 cm³/mol. The van der Waals surface area contributed by atoms with Crippen LogP contribution in [0.25, 0.3) is 44.6 Å². The number of hydrogen-bond acceptors (Lipinski definition) is 23. The molecule has 6 aromatic rings. The summed E-state index contributed by atoms with van der Waals surface area (Å²) in [4.78, 5) is 155. The molecule has 115 heavy (non-hydrogen) atoms. The molecule has 2 saturated heterocycles. The summed E-state index contributed by atoms with van der Waals surface area (Å²) in [6, 6.07) is 8.47. The fourth-order valence-corrected chi connectivity index (χ4v) is 14.6. The monoisotopic (exact) mass is 1620 g/mol. The Hall–Kier alpha value is -9.98. The molecule has 4 aromatic heterocycles. The maximum absolute atomic E-state index is 14.7. The number of nitrogens with zero attached hydrogens (tertiary/aromatic N) is 6. The summed E-state index contributed by atoms with van der Waals surface area (Å²) >= 11 is 2.50. The summed E-state index contributed by atoms with van der Waals surface area (Å²) in [6.45, 7) is 37.2. The number of rotatable bonds is 24.